The van der Waals surface area contributed by atoms with Gasteiger partial charge in [-0.3, -0.25) is 28.8 Å². The number of carbonyl (C=O) groups is 7. The second-order valence-electron chi connectivity index (χ2n) is 25.9. The summed E-state index contributed by atoms with van der Waals surface area (Å²) in [5.41, 5.74) is 4.04. The molecule has 0 unspecified atom stereocenters. The van der Waals surface area contributed by atoms with E-state index >= 15 is 0 Å². The number of unbranched alkanes of at least 4 members (excludes halogenated alkanes) is 1. The number of aromatic carboxylic acids is 1. The van der Waals surface area contributed by atoms with E-state index in [4.69, 9.17) is 13.9 Å². The van der Waals surface area contributed by atoms with Gasteiger partial charge in [-0.05, 0) is 135 Å². The molecule has 20 nitrogen and oxygen atoms in total. The molecule has 3 amide bonds. The summed E-state index contributed by atoms with van der Waals surface area (Å²) in [6, 6.07) is 37.0. The van der Waals surface area contributed by atoms with Gasteiger partial charge in [-0.25, -0.2) is 9.59 Å². The van der Waals surface area contributed by atoms with Crippen LogP contribution in [0.1, 0.15) is 146 Å². The Bertz CT molecular complexity index is 4330. The van der Waals surface area contributed by atoms with Crippen molar-refractivity contribution in [1.82, 2.24) is 20.9 Å². The number of rotatable bonds is 23. The Balaban J connectivity index is 0.732. The Labute approximate surface area is 556 Å². The van der Waals surface area contributed by atoms with Crippen LogP contribution in [0.15, 0.2) is 143 Å². The van der Waals surface area contributed by atoms with E-state index in [2.05, 4.69) is 32.7 Å². The lowest BCUT2D eigenvalue weighted by Crippen LogP contribution is -2.56. The van der Waals surface area contributed by atoms with Gasteiger partial charge in [0.25, 0.3) is 11.8 Å². The lowest BCUT2D eigenvalue weighted by molar-refractivity contribution is -0.133. The van der Waals surface area contributed by atoms with E-state index in [1.165, 1.54) is 42.5 Å². The van der Waals surface area contributed by atoms with Crippen molar-refractivity contribution in [3.05, 3.63) is 188 Å². The van der Waals surface area contributed by atoms with Crippen molar-refractivity contribution in [2.45, 2.75) is 88.7 Å². The Morgan fingerprint density at radius 2 is 1.29 bits per heavy atom. The molecule has 0 radical (unpaired) electrons. The molecule has 1 spiro atoms. The lowest BCUT2D eigenvalue weighted by atomic mass is 9.75. The third-order valence-corrected chi connectivity index (χ3v) is 19.4. The predicted octanol–water partition coefficient (Wildman–Crippen LogP) is 11.2. The quantitative estimate of drug-likeness (QED) is 0.0173. The predicted molar refractivity (Wildman–Crippen MR) is 366 cm³/mol. The summed E-state index contributed by atoms with van der Waals surface area (Å²) < 4.78 is 19.0. The number of carboxylic acid groups (broad SMARTS) is 1. The zero-order chi connectivity index (χ0) is 67.6. The van der Waals surface area contributed by atoms with E-state index in [0.717, 1.165) is 56.2 Å². The number of aromatic hydroxyl groups is 1. The Kier molecular flexibility index (Phi) is 18.9. The van der Waals surface area contributed by atoms with Crippen LogP contribution in [0.3, 0.4) is 0 Å². The van der Waals surface area contributed by atoms with Crippen molar-refractivity contribution in [3.8, 4) is 39.7 Å². The number of piperazine rings is 1. The highest BCUT2D eigenvalue weighted by atomic mass is 16.6. The number of carbonyl (C=O) groups excluding carboxylic acids is 6. The van der Waals surface area contributed by atoms with Gasteiger partial charge in [0.05, 0.1) is 16.7 Å². The minimum Gasteiger partial charge on any atom is -0.508 e. The first-order valence-electron chi connectivity index (χ1n) is 33.0. The third kappa shape index (κ3) is 13.1. The first-order valence-corrected chi connectivity index (χ1v) is 33.0. The van der Waals surface area contributed by atoms with E-state index in [0.29, 0.717) is 88.8 Å². The van der Waals surface area contributed by atoms with Crippen LogP contribution in [0.25, 0.3) is 33.4 Å². The summed E-state index contributed by atoms with van der Waals surface area (Å²) in [6.07, 6.45) is 4.16. The number of Topliss-reactive ketones (excluding diaryl/α,β-unsaturated/α-hetero) is 2. The van der Waals surface area contributed by atoms with Crippen LogP contribution in [0, 0.1) is 5.92 Å². The average molecular weight is 1300 g/mol. The van der Waals surface area contributed by atoms with E-state index < -0.39 is 40.8 Å². The van der Waals surface area contributed by atoms with Gasteiger partial charge in [-0.1, -0.05) is 50.8 Å². The van der Waals surface area contributed by atoms with Crippen molar-refractivity contribution in [1.29, 1.82) is 0 Å². The van der Waals surface area contributed by atoms with Gasteiger partial charge < -0.3 is 59.7 Å². The molecular weight excluding hydrogens is 1220 g/mol. The maximum Gasteiger partial charge on any atom is 0.340 e. The number of likely N-dealkylation sites (N-methyl/N-ethyl adjacent to an activating group) is 1. The summed E-state index contributed by atoms with van der Waals surface area (Å²) in [7, 11) is 7.73. The molecule has 2 aliphatic carbocycles. The summed E-state index contributed by atoms with van der Waals surface area (Å²) in [5.74, 6) is -3.40. The highest BCUT2D eigenvalue weighted by Gasteiger charge is 2.54. The minimum absolute atomic E-state index is 0.0540. The minimum atomic E-state index is -1.35. The smallest absolute Gasteiger partial charge is 0.340 e. The number of fused-ring (bicyclic) bond motifs is 8. The number of phenols is 1. The number of ether oxygens (including phenoxy) is 2. The standard InChI is InChI=1S/C76H79N7O13/c1-6-82-35-37-83(38-36-82)50-19-15-46(16-20-50)72(90)79-75(31-9-7-10-32-75)68(87)41-48(70(88)78-34-12-14-63(86)47-17-25-55(58(39-47)73(91)92)69-56-26-23-53(84)44-64(56)94-65-45-54(85)24-27-57(65)69)13-8-11-33-77-71(89)49-18-28-60-59(40-49)74(93)96-76(60)61-29-21-51(80(2)3)42-66(61)95-67-43-52(81(4)5)22-30-62(67)76/h15-30,39-40,42-45,48,84H,6-14,31-38,41H2,1-5H3,(H,77,89)(H,78,88)(H,79,90)(H,91,92)/t48-/m1/s1. The number of ketones is 2. The summed E-state index contributed by atoms with van der Waals surface area (Å²) >= 11 is 0. The Morgan fingerprint density at radius 3 is 1.97 bits per heavy atom. The molecule has 4 aliphatic heterocycles. The monoisotopic (exact) mass is 1300 g/mol. The fourth-order valence-corrected chi connectivity index (χ4v) is 14.0. The van der Waals surface area contributed by atoms with Crippen LogP contribution in [-0.2, 0) is 19.9 Å². The third-order valence-electron chi connectivity index (χ3n) is 19.4. The van der Waals surface area contributed by atoms with Crippen LogP contribution in [0.2, 0.25) is 0 Å². The van der Waals surface area contributed by atoms with Gasteiger partial charge >= 0.3 is 11.9 Å². The number of nitrogens with zero attached hydrogens (tertiary/aromatic N) is 4. The van der Waals surface area contributed by atoms with Crippen molar-refractivity contribution >= 4 is 69.3 Å². The Hall–Kier alpha value is -10.3. The molecule has 5 N–H and O–H groups in total. The highest BCUT2D eigenvalue weighted by Crippen LogP contribution is 2.57. The van der Waals surface area contributed by atoms with Gasteiger partial charge in [0, 0.05) is 177 Å². The molecule has 496 valence electrons. The molecule has 6 aromatic carbocycles. The summed E-state index contributed by atoms with van der Waals surface area (Å²) in [5, 5.41) is 30.4. The molecule has 96 heavy (non-hydrogen) atoms. The molecule has 12 rings (SSSR count). The molecule has 0 aromatic heterocycles. The number of carboxylic acids is 1. The molecule has 0 bridgehead atoms. The fourth-order valence-electron chi connectivity index (χ4n) is 14.0. The highest BCUT2D eigenvalue weighted by molar-refractivity contribution is 6.10. The SMILES string of the molecule is CCN1CCN(c2ccc(C(=O)NC3(C(=O)C[C@@H](CCCCNC(=O)c4ccc5c(c4)C(=O)OC54c5ccc(N(C)C)cc5Oc5cc(N(C)C)ccc54)C(=O)NCCCC(=O)c4ccc(-c5c6ccc(=O)cc-6oc6cc(O)ccc56)c(C(=O)O)c4)CCCCC3)cc2)CC1. The topological polar surface area (TPSA) is 258 Å². The van der Waals surface area contributed by atoms with E-state index in [1.54, 1.807) is 42.5 Å². The summed E-state index contributed by atoms with van der Waals surface area (Å²) in [4.78, 5) is 120. The number of phenolic OH excluding ortho intramolecular Hbond substituents is 1. The molecule has 20 heteroatoms. The molecule has 4 heterocycles. The number of nitrogens with one attached hydrogen (secondary N) is 3. The lowest BCUT2D eigenvalue weighted by Gasteiger charge is -2.38. The number of amides is 3. The number of benzene rings is 7. The average Bonchev–Trinajstić information content (AvgIpc) is 1.46. The van der Waals surface area contributed by atoms with Crippen molar-refractivity contribution in [3.63, 3.8) is 0 Å². The normalized spacial score (nSPS) is 15.6. The first kappa shape index (κ1) is 65.7. The maximum absolute atomic E-state index is 15.0. The van der Waals surface area contributed by atoms with Gasteiger partial charge in [0.2, 0.25) is 5.91 Å². The molecule has 1 saturated heterocycles. The van der Waals surface area contributed by atoms with Crippen LogP contribution >= 0.6 is 0 Å². The number of hydrogen-bond acceptors (Lipinski definition) is 16. The molecule has 2 fully saturated rings. The van der Waals surface area contributed by atoms with E-state index in [1.807, 2.05) is 86.5 Å². The van der Waals surface area contributed by atoms with E-state index in [9.17, 15) is 48.6 Å². The number of hydrogen-bond donors (Lipinski definition) is 5. The van der Waals surface area contributed by atoms with Gasteiger partial charge in [0.15, 0.2) is 22.6 Å². The maximum atomic E-state index is 15.0. The van der Waals surface area contributed by atoms with Gasteiger partial charge in [-0.15, -0.1) is 0 Å². The second kappa shape index (κ2) is 27.5. The molecule has 6 aromatic rings. The van der Waals surface area contributed by atoms with Crippen molar-refractivity contribution in [2.24, 2.45) is 5.92 Å². The van der Waals surface area contributed by atoms with Crippen LogP contribution < -0.4 is 40.8 Å². The fraction of sp³-hybridized carbons (Fsp3) is 0.342. The second-order valence-corrected chi connectivity index (χ2v) is 25.9. The zero-order valence-electron chi connectivity index (χ0n) is 54.7. The molecule has 6 aliphatic rings. The number of esters is 1. The van der Waals surface area contributed by atoms with Crippen molar-refractivity contribution < 1.29 is 57.7 Å². The molecule has 1 saturated carbocycles. The van der Waals surface area contributed by atoms with Gasteiger partial charge in [0.1, 0.15) is 28.6 Å². The molecule has 1 atom stereocenters. The first-order chi connectivity index (χ1) is 46.2. The van der Waals surface area contributed by atoms with Crippen LogP contribution in [0.4, 0.5) is 17.1 Å². The summed E-state index contributed by atoms with van der Waals surface area (Å²) in [6.45, 7) is 7.07. The largest absolute Gasteiger partial charge is 0.508 e. The van der Waals surface area contributed by atoms with Crippen LogP contribution in [-0.4, -0.2) is 136 Å². The zero-order valence-corrected chi connectivity index (χ0v) is 54.7. The van der Waals surface area contributed by atoms with Crippen LogP contribution in [0.5, 0.6) is 17.2 Å². The molecular formula is C76H79N7O13. The van der Waals surface area contributed by atoms with E-state index in [-0.39, 0.29) is 107 Å². The number of anilines is 3. The Morgan fingerprint density at radius 1 is 0.635 bits per heavy atom. The van der Waals surface area contributed by atoms with Crippen molar-refractivity contribution in [2.75, 3.05) is 88.7 Å². The van der Waals surface area contributed by atoms with Gasteiger partial charge in [-0.2, -0.15) is 0 Å².